The van der Waals surface area contributed by atoms with Gasteiger partial charge in [-0.05, 0) is 63.4 Å². The lowest BCUT2D eigenvalue weighted by atomic mass is 10.00. The maximum absolute atomic E-state index is 13.0. The third-order valence-corrected chi connectivity index (χ3v) is 6.15. The summed E-state index contributed by atoms with van der Waals surface area (Å²) >= 11 is 0. The van der Waals surface area contributed by atoms with Gasteiger partial charge in [-0.15, -0.1) is 0 Å². The number of hydrogen-bond donors (Lipinski definition) is 1. The normalized spacial score (nSPS) is 13.5. The Balaban J connectivity index is 2.37. The summed E-state index contributed by atoms with van der Waals surface area (Å²) in [7, 11) is -2.26. The molecule has 0 spiro atoms. The number of hydrogen-bond acceptors (Lipinski definition) is 4. The van der Waals surface area contributed by atoms with Crippen LogP contribution >= 0.6 is 0 Å². The molecule has 0 aliphatic rings. The van der Waals surface area contributed by atoms with Crippen molar-refractivity contribution in [2.24, 2.45) is 0 Å². The van der Waals surface area contributed by atoms with Crippen LogP contribution in [-0.4, -0.2) is 33.7 Å². The van der Waals surface area contributed by atoms with Crippen LogP contribution in [0.3, 0.4) is 0 Å². The maximum atomic E-state index is 13.0. The molecule has 0 aliphatic carbocycles. The molecular weight excluding hydrogens is 388 g/mol. The Morgan fingerprint density at radius 3 is 2.21 bits per heavy atom. The van der Waals surface area contributed by atoms with Gasteiger partial charge in [0.2, 0.25) is 15.9 Å². The van der Waals surface area contributed by atoms with Gasteiger partial charge in [0.1, 0.15) is 11.8 Å². The van der Waals surface area contributed by atoms with Gasteiger partial charge in [0.05, 0.1) is 25.1 Å². The summed E-state index contributed by atoms with van der Waals surface area (Å²) in [6, 6.07) is 10.1. The van der Waals surface area contributed by atoms with E-state index < -0.39 is 16.1 Å². The molecule has 0 heterocycles. The molecule has 0 fully saturated rings. The molecule has 0 saturated heterocycles. The Hall–Kier alpha value is -2.54. The van der Waals surface area contributed by atoms with E-state index >= 15 is 0 Å². The highest BCUT2D eigenvalue weighted by atomic mass is 32.2. The highest BCUT2D eigenvalue weighted by molar-refractivity contribution is 7.92. The van der Waals surface area contributed by atoms with E-state index in [9.17, 15) is 13.2 Å². The molecule has 2 aromatic carbocycles. The molecule has 0 unspecified atom stereocenters. The number of rotatable bonds is 7. The van der Waals surface area contributed by atoms with Gasteiger partial charge < -0.3 is 10.1 Å². The summed E-state index contributed by atoms with van der Waals surface area (Å²) in [5.74, 6) is 0.00985. The van der Waals surface area contributed by atoms with Gasteiger partial charge >= 0.3 is 0 Å². The molecular formula is C22H30N2O4S. The summed E-state index contributed by atoms with van der Waals surface area (Å²) < 4.78 is 31.7. The number of nitrogens with zero attached hydrogens (tertiary/aromatic N) is 1. The van der Waals surface area contributed by atoms with Crippen LogP contribution in [0.25, 0.3) is 0 Å². The van der Waals surface area contributed by atoms with Crippen molar-refractivity contribution in [3.05, 3.63) is 58.7 Å². The van der Waals surface area contributed by atoms with Gasteiger partial charge in [0.25, 0.3) is 0 Å². The van der Waals surface area contributed by atoms with E-state index in [1.807, 2.05) is 52.0 Å². The number of sulfonamides is 1. The summed E-state index contributed by atoms with van der Waals surface area (Å²) in [6.45, 7) is 9.31. The third kappa shape index (κ3) is 5.29. The lowest BCUT2D eigenvalue weighted by molar-refractivity contribution is -0.122. The Morgan fingerprint density at radius 1 is 1.03 bits per heavy atom. The SMILES string of the molecule is COc1ccc(C)cc1N([C@@H](C)C(=O)N[C@H](C)c1cc(C)ccc1C)S(C)(=O)=O. The summed E-state index contributed by atoms with van der Waals surface area (Å²) in [4.78, 5) is 13.0. The van der Waals surface area contributed by atoms with E-state index in [0.29, 0.717) is 11.4 Å². The summed E-state index contributed by atoms with van der Waals surface area (Å²) in [6.07, 6.45) is 1.09. The van der Waals surface area contributed by atoms with Gasteiger partial charge in [-0.25, -0.2) is 8.42 Å². The molecule has 2 aromatic rings. The van der Waals surface area contributed by atoms with Crippen molar-refractivity contribution in [2.75, 3.05) is 17.7 Å². The minimum Gasteiger partial charge on any atom is -0.495 e. The molecule has 158 valence electrons. The van der Waals surface area contributed by atoms with E-state index in [-0.39, 0.29) is 11.9 Å². The van der Waals surface area contributed by atoms with Crippen LogP contribution in [0.1, 0.15) is 42.1 Å². The molecule has 7 heteroatoms. The first-order valence-corrected chi connectivity index (χ1v) is 11.3. The van der Waals surface area contributed by atoms with Crippen molar-refractivity contribution in [1.82, 2.24) is 5.32 Å². The van der Waals surface area contributed by atoms with Crippen molar-refractivity contribution in [2.45, 2.75) is 46.7 Å². The van der Waals surface area contributed by atoms with E-state index in [4.69, 9.17) is 4.74 Å². The van der Waals surface area contributed by atoms with Crippen LogP contribution in [0.15, 0.2) is 36.4 Å². The molecule has 0 bridgehead atoms. The van der Waals surface area contributed by atoms with Crippen LogP contribution in [0, 0.1) is 20.8 Å². The molecule has 1 N–H and O–H groups in total. The Bertz CT molecular complexity index is 1000. The van der Waals surface area contributed by atoms with E-state index in [2.05, 4.69) is 5.32 Å². The standard InChI is InChI=1S/C22H30N2O4S/c1-14-8-10-16(3)19(12-14)17(4)23-22(25)18(5)24(29(7,26)27)20-13-15(2)9-11-21(20)28-6/h8-13,17-18H,1-7H3,(H,23,25)/t17-,18+/m1/s1. The molecule has 1 amide bonds. The Labute approximate surface area is 173 Å². The number of carbonyl (C=O) groups is 1. The first-order chi connectivity index (χ1) is 13.5. The predicted octanol–water partition coefficient (Wildman–Crippen LogP) is 3.65. The second-order valence-electron chi connectivity index (χ2n) is 7.50. The first kappa shape index (κ1) is 22.7. The number of anilines is 1. The fraction of sp³-hybridized carbons (Fsp3) is 0.409. The van der Waals surface area contributed by atoms with Crippen molar-refractivity contribution < 1.29 is 17.9 Å². The molecule has 0 saturated carbocycles. The predicted molar refractivity (Wildman–Crippen MR) is 117 cm³/mol. The number of benzene rings is 2. The van der Waals surface area contributed by atoms with Crippen LogP contribution < -0.4 is 14.4 Å². The molecule has 0 aliphatic heterocycles. The van der Waals surface area contributed by atoms with Crippen LogP contribution in [0.2, 0.25) is 0 Å². The number of methoxy groups -OCH3 is 1. The highest BCUT2D eigenvalue weighted by Gasteiger charge is 2.32. The molecule has 2 rings (SSSR count). The third-order valence-electron chi connectivity index (χ3n) is 4.92. The smallest absolute Gasteiger partial charge is 0.244 e. The van der Waals surface area contributed by atoms with Crippen molar-refractivity contribution >= 4 is 21.6 Å². The van der Waals surface area contributed by atoms with Gasteiger partial charge in [-0.3, -0.25) is 9.10 Å². The van der Waals surface area contributed by atoms with Gasteiger partial charge in [-0.2, -0.15) is 0 Å². The molecule has 29 heavy (non-hydrogen) atoms. The Morgan fingerprint density at radius 2 is 1.62 bits per heavy atom. The highest BCUT2D eigenvalue weighted by Crippen LogP contribution is 2.33. The molecule has 0 radical (unpaired) electrons. The zero-order valence-corrected chi connectivity index (χ0v) is 18.9. The van der Waals surface area contributed by atoms with E-state index in [1.54, 1.807) is 19.1 Å². The monoisotopic (exact) mass is 418 g/mol. The number of amides is 1. The first-order valence-electron chi connectivity index (χ1n) is 9.47. The van der Waals surface area contributed by atoms with Crippen molar-refractivity contribution in [1.29, 1.82) is 0 Å². The maximum Gasteiger partial charge on any atom is 0.244 e. The molecule has 0 aromatic heterocycles. The molecule has 6 nitrogen and oxygen atoms in total. The van der Waals surface area contributed by atoms with Crippen LogP contribution in [0.5, 0.6) is 5.75 Å². The van der Waals surface area contributed by atoms with E-state index in [1.165, 1.54) is 7.11 Å². The van der Waals surface area contributed by atoms with Crippen LogP contribution in [-0.2, 0) is 14.8 Å². The fourth-order valence-electron chi connectivity index (χ4n) is 3.39. The van der Waals surface area contributed by atoms with Gasteiger partial charge in [0, 0.05) is 0 Å². The lowest BCUT2D eigenvalue weighted by Crippen LogP contribution is -2.48. The average molecular weight is 419 g/mol. The zero-order chi connectivity index (χ0) is 21.9. The van der Waals surface area contributed by atoms with Crippen molar-refractivity contribution in [3.63, 3.8) is 0 Å². The minimum absolute atomic E-state index is 0.259. The topological polar surface area (TPSA) is 75.7 Å². The number of carbonyl (C=O) groups excluding carboxylic acids is 1. The average Bonchev–Trinajstić information content (AvgIpc) is 2.62. The second-order valence-corrected chi connectivity index (χ2v) is 9.36. The fourth-order valence-corrected chi connectivity index (χ4v) is 4.56. The molecule has 2 atom stereocenters. The Kier molecular flexibility index (Phi) is 6.95. The minimum atomic E-state index is -3.73. The largest absolute Gasteiger partial charge is 0.495 e. The quantitative estimate of drug-likeness (QED) is 0.745. The van der Waals surface area contributed by atoms with Gasteiger partial charge in [-0.1, -0.05) is 29.8 Å². The number of nitrogens with one attached hydrogen (secondary N) is 1. The summed E-state index contributed by atoms with van der Waals surface area (Å²) in [5.41, 5.74) is 4.38. The van der Waals surface area contributed by atoms with E-state index in [0.717, 1.165) is 32.8 Å². The van der Waals surface area contributed by atoms with Crippen LogP contribution in [0.4, 0.5) is 5.69 Å². The zero-order valence-electron chi connectivity index (χ0n) is 18.1. The van der Waals surface area contributed by atoms with Gasteiger partial charge in [0.15, 0.2) is 0 Å². The number of aryl methyl sites for hydroxylation is 3. The van der Waals surface area contributed by atoms with Crippen molar-refractivity contribution in [3.8, 4) is 5.75 Å². The second kappa shape index (κ2) is 8.86. The summed E-state index contributed by atoms with van der Waals surface area (Å²) in [5, 5.41) is 2.95. The number of ether oxygens (including phenoxy) is 1. The lowest BCUT2D eigenvalue weighted by Gasteiger charge is -2.30.